The maximum Gasteiger partial charge on any atom is 0.339 e. The van der Waals surface area contributed by atoms with E-state index in [1.807, 2.05) is 0 Å². The normalized spacial score (nSPS) is 10.6. The van der Waals surface area contributed by atoms with E-state index in [1.54, 1.807) is 0 Å². The van der Waals surface area contributed by atoms with Crippen LogP contribution in [0.5, 0.6) is 23.0 Å². The van der Waals surface area contributed by atoms with Crippen molar-refractivity contribution in [1.29, 1.82) is 0 Å². The van der Waals surface area contributed by atoms with Gasteiger partial charge in [-0.25, -0.2) is 24.5 Å². The number of hydrogen-bond donors (Lipinski definition) is 6. The number of carboxylic acid groups (broad SMARTS) is 2. The lowest BCUT2D eigenvalue weighted by Gasteiger charge is -2.10. The van der Waals surface area contributed by atoms with Crippen LogP contribution in [-0.4, -0.2) is 57.5 Å². The number of phenolic OH excluding ortho intramolecular Hbond substituents is 2. The molecule has 0 bridgehead atoms. The third-order valence-electron chi connectivity index (χ3n) is 3.72. The fourth-order valence-electron chi connectivity index (χ4n) is 2.44. The van der Waals surface area contributed by atoms with Crippen LogP contribution >= 0.6 is 0 Å². The number of rotatable bonds is 4. The third kappa shape index (κ3) is 3.19. The Balaban J connectivity index is 2.17. The van der Waals surface area contributed by atoms with E-state index in [2.05, 4.69) is 15.0 Å². The molecule has 28 heavy (non-hydrogen) atoms. The summed E-state index contributed by atoms with van der Waals surface area (Å²) >= 11 is 0. The van der Waals surface area contributed by atoms with Gasteiger partial charge in [0, 0.05) is 0 Å². The average molecular weight is 385 g/mol. The number of benzene rings is 2. The molecular formula is C17H11N3O8. The number of carbonyl (C=O) groups is 2. The Kier molecular flexibility index (Phi) is 4.41. The molecule has 142 valence electrons. The summed E-state index contributed by atoms with van der Waals surface area (Å²) < 4.78 is 0. The molecule has 0 aliphatic rings. The van der Waals surface area contributed by atoms with E-state index < -0.39 is 46.1 Å². The SMILES string of the molecule is O=C(O)c1cc(O)c(-c2ncnc(-c3cc(O)cc(C(=O)O)c3O)n2)cc1O. The summed E-state index contributed by atoms with van der Waals surface area (Å²) in [6, 6.07) is 3.62. The Morgan fingerprint density at radius 1 is 0.714 bits per heavy atom. The Morgan fingerprint density at radius 3 is 1.93 bits per heavy atom. The van der Waals surface area contributed by atoms with Crippen molar-refractivity contribution >= 4 is 11.9 Å². The zero-order valence-corrected chi connectivity index (χ0v) is 13.7. The molecule has 0 atom stereocenters. The van der Waals surface area contributed by atoms with Crippen LogP contribution in [0.3, 0.4) is 0 Å². The number of aromatic carboxylic acids is 2. The van der Waals surface area contributed by atoms with E-state index in [9.17, 15) is 30.0 Å². The summed E-state index contributed by atoms with van der Waals surface area (Å²) in [5.74, 6) is -5.72. The second-order valence-electron chi connectivity index (χ2n) is 5.52. The molecule has 11 heteroatoms. The van der Waals surface area contributed by atoms with Crippen molar-refractivity contribution in [2.24, 2.45) is 0 Å². The molecule has 6 N–H and O–H groups in total. The van der Waals surface area contributed by atoms with Crippen molar-refractivity contribution in [3.63, 3.8) is 0 Å². The van der Waals surface area contributed by atoms with E-state index >= 15 is 0 Å². The van der Waals surface area contributed by atoms with Gasteiger partial charge in [0.2, 0.25) is 0 Å². The minimum atomic E-state index is -1.49. The van der Waals surface area contributed by atoms with Crippen LogP contribution < -0.4 is 0 Å². The number of hydrogen-bond acceptors (Lipinski definition) is 9. The second-order valence-corrected chi connectivity index (χ2v) is 5.52. The summed E-state index contributed by atoms with van der Waals surface area (Å²) in [5.41, 5.74) is -1.47. The molecule has 0 aliphatic carbocycles. The van der Waals surface area contributed by atoms with Crippen LogP contribution in [0.1, 0.15) is 20.7 Å². The topological polar surface area (TPSA) is 194 Å². The molecule has 3 rings (SSSR count). The first-order chi connectivity index (χ1) is 13.2. The molecule has 0 aliphatic heterocycles. The van der Waals surface area contributed by atoms with Gasteiger partial charge in [-0.3, -0.25) is 0 Å². The lowest BCUT2D eigenvalue weighted by atomic mass is 10.1. The molecular weight excluding hydrogens is 374 g/mol. The lowest BCUT2D eigenvalue weighted by Crippen LogP contribution is -2.01. The second kappa shape index (κ2) is 6.72. The van der Waals surface area contributed by atoms with E-state index in [0.29, 0.717) is 0 Å². The van der Waals surface area contributed by atoms with Crippen molar-refractivity contribution in [3.05, 3.63) is 41.7 Å². The standard InChI is InChI=1S/C17H11N3O8/c21-6-1-9(13(24)10(2-6)17(27)28)15-19-5-18-14(20-15)7-3-12(23)8(16(25)26)4-11(7)22/h1-5,21-24H,(H,25,26)(H,27,28). The van der Waals surface area contributed by atoms with Crippen molar-refractivity contribution in [1.82, 2.24) is 15.0 Å². The maximum absolute atomic E-state index is 11.2. The van der Waals surface area contributed by atoms with Crippen molar-refractivity contribution in [2.45, 2.75) is 0 Å². The van der Waals surface area contributed by atoms with Crippen LogP contribution in [0.25, 0.3) is 22.8 Å². The molecule has 11 nitrogen and oxygen atoms in total. The van der Waals surface area contributed by atoms with Gasteiger partial charge in [-0.15, -0.1) is 0 Å². The first-order valence-electron chi connectivity index (χ1n) is 7.47. The molecule has 0 unspecified atom stereocenters. The highest BCUT2D eigenvalue weighted by Crippen LogP contribution is 2.36. The maximum atomic E-state index is 11.2. The van der Waals surface area contributed by atoms with Gasteiger partial charge in [-0.2, -0.15) is 0 Å². The minimum Gasteiger partial charge on any atom is -0.508 e. The van der Waals surface area contributed by atoms with E-state index in [4.69, 9.17) is 10.2 Å². The van der Waals surface area contributed by atoms with Gasteiger partial charge in [-0.05, 0) is 24.3 Å². The van der Waals surface area contributed by atoms with Gasteiger partial charge < -0.3 is 30.6 Å². The number of aromatic hydroxyl groups is 4. The van der Waals surface area contributed by atoms with Gasteiger partial charge in [0.15, 0.2) is 11.6 Å². The zero-order valence-electron chi connectivity index (χ0n) is 13.7. The molecule has 1 heterocycles. The van der Waals surface area contributed by atoms with Gasteiger partial charge in [0.1, 0.15) is 40.5 Å². The number of phenols is 4. The van der Waals surface area contributed by atoms with Crippen LogP contribution in [0.4, 0.5) is 0 Å². The summed E-state index contributed by atoms with van der Waals surface area (Å²) in [4.78, 5) is 33.8. The molecule has 1 aromatic heterocycles. The van der Waals surface area contributed by atoms with Gasteiger partial charge >= 0.3 is 11.9 Å². The molecule has 0 radical (unpaired) electrons. The molecule has 0 saturated carbocycles. The van der Waals surface area contributed by atoms with Crippen LogP contribution in [0, 0.1) is 0 Å². The van der Waals surface area contributed by atoms with Crippen LogP contribution in [0.2, 0.25) is 0 Å². The number of carboxylic acids is 2. The fourth-order valence-corrected chi connectivity index (χ4v) is 2.44. The Hall–Kier alpha value is -4.41. The quantitative estimate of drug-likeness (QED) is 0.355. The van der Waals surface area contributed by atoms with E-state index in [1.165, 1.54) is 0 Å². The highest BCUT2D eigenvalue weighted by Gasteiger charge is 2.21. The largest absolute Gasteiger partial charge is 0.508 e. The highest BCUT2D eigenvalue weighted by molar-refractivity contribution is 5.95. The van der Waals surface area contributed by atoms with Gasteiger partial charge in [-0.1, -0.05) is 0 Å². The fraction of sp³-hybridized carbons (Fsp3) is 0. The third-order valence-corrected chi connectivity index (χ3v) is 3.72. The Bertz CT molecular complexity index is 1130. The monoisotopic (exact) mass is 385 g/mol. The molecule has 0 fully saturated rings. The molecule has 0 saturated heterocycles. The first kappa shape index (κ1) is 18.4. The molecule has 3 aromatic rings. The lowest BCUT2D eigenvalue weighted by molar-refractivity contribution is 0.0682. The molecule has 0 spiro atoms. The first-order valence-corrected chi connectivity index (χ1v) is 7.47. The van der Waals surface area contributed by atoms with Crippen LogP contribution in [0.15, 0.2) is 30.6 Å². The highest BCUT2D eigenvalue weighted by atomic mass is 16.4. The van der Waals surface area contributed by atoms with Crippen molar-refractivity contribution in [2.75, 3.05) is 0 Å². The van der Waals surface area contributed by atoms with Crippen LogP contribution in [-0.2, 0) is 0 Å². The minimum absolute atomic E-state index is 0.135. The number of aromatic nitrogens is 3. The van der Waals surface area contributed by atoms with E-state index in [0.717, 1.165) is 30.6 Å². The van der Waals surface area contributed by atoms with E-state index in [-0.39, 0.29) is 22.8 Å². The predicted octanol–water partition coefficient (Wildman–Crippen LogP) is 1.42. The Labute approximate surface area is 155 Å². The van der Waals surface area contributed by atoms with Crippen molar-refractivity contribution in [3.8, 4) is 45.8 Å². The number of nitrogens with zero attached hydrogens (tertiary/aromatic N) is 3. The molecule has 2 aromatic carbocycles. The smallest absolute Gasteiger partial charge is 0.339 e. The average Bonchev–Trinajstić information content (AvgIpc) is 2.64. The molecule has 0 amide bonds. The Morgan fingerprint density at radius 2 is 1.32 bits per heavy atom. The summed E-state index contributed by atoms with van der Waals surface area (Å²) in [7, 11) is 0. The summed E-state index contributed by atoms with van der Waals surface area (Å²) in [6.45, 7) is 0. The summed E-state index contributed by atoms with van der Waals surface area (Å²) in [6.07, 6.45) is 0.989. The predicted molar refractivity (Wildman–Crippen MR) is 91.3 cm³/mol. The zero-order chi connectivity index (χ0) is 20.6. The summed E-state index contributed by atoms with van der Waals surface area (Å²) in [5, 5.41) is 57.8. The van der Waals surface area contributed by atoms with Gasteiger partial charge in [0.25, 0.3) is 0 Å². The van der Waals surface area contributed by atoms with Gasteiger partial charge in [0.05, 0.1) is 11.1 Å². The van der Waals surface area contributed by atoms with Crippen molar-refractivity contribution < 1.29 is 40.2 Å².